The number of hydrogen-bond donors (Lipinski definition) is 0. The quantitative estimate of drug-likeness (QED) is 0.306. The molecule has 8 heteroatoms. The van der Waals surface area contributed by atoms with Crippen LogP contribution in [-0.2, 0) is 30.7 Å². The third-order valence-electron chi connectivity index (χ3n) is 8.36. The van der Waals surface area contributed by atoms with Crippen LogP contribution in [0.1, 0.15) is 47.8 Å². The fourth-order valence-corrected chi connectivity index (χ4v) is 8.32. The van der Waals surface area contributed by atoms with Gasteiger partial charge < -0.3 is 9.47 Å². The number of hydrogen-bond acceptors (Lipinski definition) is 6. The summed E-state index contributed by atoms with van der Waals surface area (Å²) < 4.78 is 42.0. The number of carbonyl (C=O) groups excluding carboxylic acids is 1. The highest BCUT2D eigenvalue weighted by Gasteiger charge is 2.53. The average molecular weight is 555 g/mol. The molecule has 4 atom stereocenters. The monoisotopic (exact) mass is 554 g/mol. The summed E-state index contributed by atoms with van der Waals surface area (Å²) in [7, 11) is -3.97. The summed E-state index contributed by atoms with van der Waals surface area (Å²) in [5.41, 5.74) is 5.35. The van der Waals surface area contributed by atoms with E-state index >= 15 is 0 Å². The zero-order valence-corrected chi connectivity index (χ0v) is 23.2. The predicted octanol–water partition coefficient (Wildman–Crippen LogP) is 5.45. The zero-order valence-electron chi connectivity index (χ0n) is 22.4. The van der Waals surface area contributed by atoms with Crippen LogP contribution >= 0.6 is 0 Å². The molecule has 1 aliphatic carbocycles. The average Bonchev–Trinajstić information content (AvgIpc) is 3.63. The van der Waals surface area contributed by atoms with E-state index in [0.29, 0.717) is 23.2 Å². The van der Waals surface area contributed by atoms with E-state index in [4.69, 9.17) is 9.47 Å². The number of rotatable bonds is 5. The zero-order chi connectivity index (χ0) is 27.6. The highest BCUT2D eigenvalue weighted by Crippen LogP contribution is 2.53. The normalized spacial score (nSPS) is 23.9. The van der Waals surface area contributed by atoms with Crippen molar-refractivity contribution >= 4 is 26.9 Å². The minimum absolute atomic E-state index is 0.0583. The Morgan fingerprint density at radius 2 is 1.77 bits per heavy atom. The summed E-state index contributed by atoms with van der Waals surface area (Å²) in [5.74, 6) is -0.391. The van der Waals surface area contributed by atoms with Gasteiger partial charge in [-0.2, -0.15) is 0 Å². The van der Waals surface area contributed by atoms with E-state index in [1.54, 1.807) is 37.3 Å². The van der Waals surface area contributed by atoms with E-state index in [2.05, 4.69) is 30.0 Å². The van der Waals surface area contributed by atoms with Crippen LogP contribution in [0.2, 0.25) is 0 Å². The molecule has 7 nitrogen and oxygen atoms in total. The molecule has 3 aromatic carbocycles. The summed E-state index contributed by atoms with van der Waals surface area (Å²) in [6.45, 7) is 4.16. The van der Waals surface area contributed by atoms with Crippen LogP contribution in [-0.4, -0.2) is 42.2 Å². The Morgan fingerprint density at radius 3 is 2.58 bits per heavy atom. The van der Waals surface area contributed by atoms with Gasteiger partial charge in [-0.1, -0.05) is 60.7 Å². The van der Waals surface area contributed by atoms with E-state index in [1.165, 1.54) is 20.7 Å². The molecule has 0 bridgehead atoms. The third kappa shape index (κ3) is 3.78. The van der Waals surface area contributed by atoms with Crippen molar-refractivity contribution < 1.29 is 22.7 Å². The van der Waals surface area contributed by atoms with Crippen LogP contribution in [0.15, 0.2) is 95.4 Å². The Hall–Kier alpha value is -3.72. The number of para-hydroxylation sites is 1. The molecule has 0 N–H and O–H groups in total. The van der Waals surface area contributed by atoms with E-state index in [-0.39, 0.29) is 29.9 Å². The van der Waals surface area contributed by atoms with Crippen molar-refractivity contribution in [1.82, 2.24) is 8.87 Å². The SMILES string of the molecule is CCOC(=O)C1=C[C@H](c2cc3ccccc3n2S(=O)(=O)c2ccccc2)N2[C@@H](C1)O[C@@H]1Cc3cccc(C)c3[C@@H]12. The smallest absolute Gasteiger partial charge is 0.333 e. The van der Waals surface area contributed by atoms with Gasteiger partial charge in [0, 0.05) is 23.8 Å². The van der Waals surface area contributed by atoms with E-state index in [0.717, 1.165) is 11.8 Å². The standard InChI is InChI=1S/C32H30N2O5S/c1-3-38-32(35)23-17-26(33-29(19-23)39-28-18-22-12-9-10-20(2)30(22)31(28)33)27-16-21-11-7-8-15-25(21)34(27)40(36,37)24-13-5-4-6-14-24/h4-17,26,28-29,31H,3,18-19H2,1-2H3/t26-,28-,29-,31-/m1/s1. The Labute approximate surface area is 233 Å². The van der Waals surface area contributed by atoms with Crippen molar-refractivity contribution in [2.75, 3.05) is 6.61 Å². The molecule has 40 heavy (non-hydrogen) atoms. The lowest BCUT2D eigenvalue weighted by Gasteiger charge is -2.38. The fraction of sp³-hybridized carbons (Fsp3) is 0.281. The highest BCUT2D eigenvalue weighted by atomic mass is 32.2. The van der Waals surface area contributed by atoms with Crippen LogP contribution in [0, 0.1) is 6.92 Å². The van der Waals surface area contributed by atoms with Gasteiger partial charge in [0.15, 0.2) is 0 Å². The predicted molar refractivity (Wildman–Crippen MR) is 151 cm³/mol. The van der Waals surface area contributed by atoms with Crippen LogP contribution in [0.25, 0.3) is 10.9 Å². The number of esters is 1. The number of carbonyl (C=O) groups is 1. The van der Waals surface area contributed by atoms with Gasteiger partial charge >= 0.3 is 5.97 Å². The molecule has 0 amide bonds. The molecule has 3 aliphatic rings. The highest BCUT2D eigenvalue weighted by molar-refractivity contribution is 7.90. The van der Waals surface area contributed by atoms with Gasteiger partial charge in [0.1, 0.15) is 6.23 Å². The number of aryl methyl sites for hydroxylation is 1. The second-order valence-electron chi connectivity index (χ2n) is 10.6. The number of ether oxygens (including phenoxy) is 2. The molecule has 2 aliphatic heterocycles. The van der Waals surface area contributed by atoms with Crippen molar-refractivity contribution in [2.24, 2.45) is 0 Å². The number of fused-ring (bicyclic) bond motifs is 6. The van der Waals surface area contributed by atoms with Crippen LogP contribution in [0.4, 0.5) is 0 Å². The minimum Gasteiger partial charge on any atom is -0.463 e. The maximum absolute atomic E-state index is 14.3. The van der Waals surface area contributed by atoms with E-state index < -0.39 is 22.0 Å². The second-order valence-corrected chi connectivity index (χ2v) is 12.4. The molecule has 7 rings (SSSR count). The van der Waals surface area contributed by atoms with Crippen LogP contribution in [0.5, 0.6) is 0 Å². The first kappa shape index (κ1) is 25.3. The van der Waals surface area contributed by atoms with Crippen molar-refractivity contribution in [1.29, 1.82) is 0 Å². The number of nitrogens with zero attached hydrogens (tertiary/aromatic N) is 2. The molecule has 0 radical (unpaired) electrons. The third-order valence-corrected chi connectivity index (χ3v) is 10.1. The summed E-state index contributed by atoms with van der Waals surface area (Å²) in [4.78, 5) is 15.5. The fourth-order valence-electron chi connectivity index (χ4n) is 6.75. The molecule has 0 unspecified atom stereocenters. The topological polar surface area (TPSA) is 77.8 Å². The van der Waals surface area contributed by atoms with Gasteiger partial charge in [0.25, 0.3) is 10.0 Å². The van der Waals surface area contributed by atoms with Crippen molar-refractivity contribution in [3.8, 4) is 0 Å². The van der Waals surface area contributed by atoms with Crippen molar-refractivity contribution in [3.63, 3.8) is 0 Å². The molecule has 1 aromatic heterocycles. The van der Waals surface area contributed by atoms with Gasteiger partial charge in [-0.15, -0.1) is 0 Å². The molecule has 3 heterocycles. The molecule has 1 saturated heterocycles. The summed E-state index contributed by atoms with van der Waals surface area (Å²) >= 11 is 0. The lowest BCUT2D eigenvalue weighted by Crippen LogP contribution is -2.41. The van der Waals surface area contributed by atoms with E-state index in [9.17, 15) is 13.2 Å². The Morgan fingerprint density at radius 1 is 1.00 bits per heavy atom. The second kappa shape index (κ2) is 9.44. The molecular weight excluding hydrogens is 524 g/mol. The van der Waals surface area contributed by atoms with Gasteiger partial charge in [0.05, 0.1) is 40.9 Å². The minimum atomic E-state index is -3.97. The largest absolute Gasteiger partial charge is 0.463 e. The first-order chi connectivity index (χ1) is 19.4. The number of aromatic nitrogens is 1. The van der Waals surface area contributed by atoms with Crippen molar-refractivity contribution in [2.45, 2.75) is 56.0 Å². The molecule has 0 spiro atoms. The van der Waals surface area contributed by atoms with Crippen LogP contribution in [0.3, 0.4) is 0 Å². The lowest BCUT2D eigenvalue weighted by atomic mass is 9.94. The van der Waals surface area contributed by atoms with Gasteiger partial charge in [-0.05, 0) is 54.8 Å². The molecule has 1 fully saturated rings. The van der Waals surface area contributed by atoms with Crippen molar-refractivity contribution in [3.05, 3.63) is 113 Å². The maximum Gasteiger partial charge on any atom is 0.333 e. The summed E-state index contributed by atoms with van der Waals surface area (Å²) in [5, 5.41) is 0.810. The lowest BCUT2D eigenvalue weighted by molar-refractivity contribution is -0.139. The van der Waals surface area contributed by atoms with Crippen LogP contribution < -0.4 is 0 Å². The molecule has 4 aromatic rings. The Bertz CT molecular complexity index is 1780. The van der Waals surface area contributed by atoms with Gasteiger partial charge in [-0.3, -0.25) is 4.90 Å². The summed E-state index contributed by atoms with van der Waals surface area (Å²) in [6, 6.07) is 23.7. The molecular formula is C32H30N2O5S. The van der Waals surface area contributed by atoms with Gasteiger partial charge in [-0.25, -0.2) is 17.2 Å². The Kier molecular flexibility index (Phi) is 5.96. The number of benzene rings is 3. The van der Waals surface area contributed by atoms with E-state index in [1.807, 2.05) is 36.4 Å². The van der Waals surface area contributed by atoms with Gasteiger partial charge in [0.2, 0.25) is 0 Å². The maximum atomic E-state index is 14.3. The summed E-state index contributed by atoms with van der Waals surface area (Å²) in [6.07, 6.45) is 2.59. The molecule has 0 saturated carbocycles. The Balaban J connectivity index is 1.47. The first-order valence-corrected chi connectivity index (χ1v) is 15.1. The first-order valence-electron chi connectivity index (χ1n) is 13.7. The molecule has 204 valence electrons.